The number of anilines is 1. The smallest absolute Gasteiger partial charge is 0.282 e. The molecule has 0 saturated carbocycles. The van der Waals surface area contributed by atoms with Gasteiger partial charge < -0.3 is 14.8 Å². The number of benzene rings is 2. The molecule has 2 aromatic heterocycles. The molecule has 9 nitrogen and oxygen atoms in total. The van der Waals surface area contributed by atoms with Crippen molar-refractivity contribution in [2.75, 3.05) is 25.3 Å². The zero-order chi connectivity index (χ0) is 24.9. The van der Waals surface area contributed by atoms with Crippen LogP contribution in [0.4, 0.5) is 5.69 Å². The first-order chi connectivity index (χ1) is 16.9. The van der Waals surface area contributed by atoms with Crippen molar-refractivity contribution >= 4 is 34.4 Å². The molecule has 4 rings (SSSR count). The maximum atomic E-state index is 13.3. The Morgan fingerprint density at radius 3 is 2.40 bits per heavy atom. The van der Waals surface area contributed by atoms with Crippen LogP contribution in [-0.4, -0.2) is 45.2 Å². The second-order valence-electron chi connectivity index (χ2n) is 7.93. The van der Waals surface area contributed by atoms with Gasteiger partial charge in [0.05, 0.1) is 32.7 Å². The Morgan fingerprint density at radius 2 is 1.77 bits per heavy atom. The third-order valence-electron chi connectivity index (χ3n) is 5.39. The van der Waals surface area contributed by atoms with Crippen molar-refractivity contribution in [2.24, 2.45) is 0 Å². The molecule has 1 N–H and O–H groups in total. The minimum atomic E-state index is -0.245. The summed E-state index contributed by atoms with van der Waals surface area (Å²) in [5.41, 5.74) is 3.24. The van der Waals surface area contributed by atoms with Gasteiger partial charge in [0.2, 0.25) is 5.91 Å². The van der Waals surface area contributed by atoms with Crippen molar-refractivity contribution < 1.29 is 14.3 Å². The van der Waals surface area contributed by atoms with Crippen molar-refractivity contribution in [1.29, 1.82) is 0 Å². The van der Waals surface area contributed by atoms with Gasteiger partial charge in [-0.05, 0) is 19.4 Å². The quantitative estimate of drug-likeness (QED) is 0.280. The molecule has 10 heteroatoms. The van der Waals surface area contributed by atoms with Gasteiger partial charge in [0.1, 0.15) is 17.0 Å². The van der Waals surface area contributed by atoms with E-state index in [1.165, 1.54) is 11.8 Å². The minimum Gasteiger partial charge on any atom is -0.497 e. The van der Waals surface area contributed by atoms with E-state index in [1.54, 1.807) is 47.9 Å². The molecule has 35 heavy (non-hydrogen) atoms. The number of nitrogens with one attached hydrogen (secondary N) is 1. The fourth-order valence-corrected chi connectivity index (χ4v) is 4.32. The van der Waals surface area contributed by atoms with Crippen LogP contribution in [0.15, 0.2) is 58.6 Å². The number of amides is 1. The van der Waals surface area contributed by atoms with Crippen molar-refractivity contribution in [2.45, 2.75) is 32.1 Å². The Bertz CT molecular complexity index is 1390. The SMILES string of the molecule is CCn1cc2nc(SCC(=O)Nc3cc(OC)cc(OC)c3)n(Cc3ccc(C)cc3)c(=O)c2n1. The molecule has 0 unspecified atom stereocenters. The number of hydrogen-bond acceptors (Lipinski definition) is 7. The molecule has 2 aromatic carbocycles. The van der Waals surface area contributed by atoms with Crippen LogP contribution >= 0.6 is 11.8 Å². The van der Waals surface area contributed by atoms with Gasteiger partial charge in [0, 0.05) is 30.4 Å². The zero-order valence-corrected chi connectivity index (χ0v) is 20.9. The maximum absolute atomic E-state index is 13.3. The van der Waals surface area contributed by atoms with E-state index in [9.17, 15) is 9.59 Å². The third-order valence-corrected chi connectivity index (χ3v) is 6.37. The zero-order valence-electron chi connectivity index (χ0n) is 20.1. The van der Waals surface area contributed by atoms with Gasteiger partial charge in [0.25, 0.3) is 5.56 Å². The van der Waals surface area contributed by atoms with Gasteiger partial charge >= 0.3 is 0 Å². The molecule has 0 radical (unpaired) electrons. The highest BCUT2D eigenvalue weighted by Gasteiger charge is 2.17. The molecule has 4 aromatic rings. The van der Waals surface area contributed by atoms with Crippen LogP contribution in [0.1, 0.15) is 18.1 Å². The lowest BCUT2D eigenvalue weighted by molar-refractivity contribution is -0.113. The number of hydrogen-bond donors (Lipinski definition) is 1. The average molecular weight is 494 g/mol. The predicted octanol–water partition coefficient (Wildman–Crippen LogP) is 3.72. The van der Waals surface area contributed by atoms with E-state index >= 15 is 0 Å². The second-order valence-corrected chi connectivity index (χ2v) is 8.87. The van der Waals surface area contributed by atoms with Crippen LogP contribution in [0.25, 0.3) is 11.0 Å². The molecular weight excluding hydrogens is 466 g/mol. The summed E-state index contributed by atoms with van der Waals surface area (Å²) in [7, 11) is 3.10. The number of carbonyl (C=O) groups excluding carboxylic acids is 1. The number of aryl methyl sites for hydroxylation is 2. The first-order valence-electron chi connectivity index (χ1n) is 11.1. The molecule has 0 atom stereocenters. The molecule has 182 valence electrons. The number of aromatic nitrogens is 4. The number of thioether (sulfide) groups is 1. The van der Waals surface area contributed by atoms with Crippen molar-refractivity contribution in [3.63, 3.8) is 0 Å². The van der Waals surface area contributed by atoms with E-state index in [2.05, 4.69) is 15.4 Å². The Hall–Kier alpha value is -3.79. The summed E-state index contributed by atoms with van der Waals surface area (Å²) in [6.45, 7) is 4.92. The van der Waals surface area contributed by atoms with Crippen LogP contribution in [0.2, 0.25) is 0 Å². The highest BCUT2D eigenvalue weighted by atomic mass is 32.2. The van der Waals surface area contributed by atoms with E-state index in [0.29, 0.717) is 46.5 Å². The van der Waals surface area contributed by atoms with Gasteiger partial charge in [-0.15, -0.1) is 0 Å². The van der Waals surface area contributed by atoms with E-state index in [4.69, 9.17) is 9.47 Å². The molecule has 1 amide bonds. The van der Waals surface area contributed by atoms with Crippen LogP contribution in [0, 0.1) is 6.92 Å². The summed E-state index contributed by atoms with van der Waals surface area (Å²) in [6, 6.07) is 13.1. The highest BCUT2D eigenvalue weighted by Crippen LogP contribution is 2.26. The van der Waals surface area contributed by atoms with Gasteiger partial charge in [-0.2, -0.15) is 5.10 Å². The number of fused-ring (bicyclic) bond motifs is 1. The normalized spacial score (nSPS) is 11.0. The van der Waals surface area contributed by atoms with Gasteiger partial charge in [-0.1, -0.05) is 41.6 Å². The molecule has 0 fully saturated rings. The Labute approximate surface area is 207 Å². The molecule has 0 spiro atoms. The lowest BCUT2D eigenvalue weighted by atomic mass is 10.1. The van der Waals surface area contributed by atoms with E-state index in [1.807, 2.05) is 38.1 Å². The molecule has 0 saturated heterocycles. The first kappa shape index (κ1) is 24.3. The van der Waals surface area contributed by atoms with Gasteiger partial charge in [0.15, 0.2) is 10.7 Å². The lowest BCUT2D eigenvalue weighted by Crippen LogP contribution is -2.25. The number of methoxy groups -OCH3 is 2. The van der Waals surface area contributed by atoms with Crippen molar-refractivity contribution in [3.05, 3.63) is 70.1 Å². The average Bonchev–Trinajstić information content (AvgIpc) is 3.29. The van der Waals surface area contributed by atoms with Crippen molar-refractivity contribution in [3.8, 4) is 11.5 Å². The fourth-order valence-electron chi connectivity index (χ4n) is 3.52. The summed E-state index contributed by atoms with van der Waals surface area (Å²) in [4.78, 5) is 30.8. The molecule has 0 aliphatic rings. The number of ether oxygens (including phenoxy) is 2. The van der Waals surface area contributed by atoms with Crippen LogP contribution in [-0.2, 0) is 17.9 Å². The molecule has 0 bridgehead atoms. The topological polar surface area (TPSA) is 100 Å². The monoisotopic (exact) mass is 493 g/mol. The summed E-state index contributed by atoms with van der Waals surface area (Å²) in [6.07, 6.45) is 1.75. The second kappa shape index (κ2) is 10.6. The largest absolute Gasteiger partial charge is 0.497 e. The first-order valence-corrected chi connectivity index (χ1v) is 12.1. The summed E-state index contributed by atoms with van der Waals surface area (Å²) < 4.78 is 13.8. The predicted molar refractivity (Wildman–Crippen MR) is 137 cm³/mol. The Balaban J connectivity index is 1.60. The van der Waals surface area contributed by atoms with E-state index in [-0.39, 0.29) is 17.2 Å². The van der Waals surface area contributed by atoms with Gasteiger partial charge in [-0.3, -0.25) is 18.8 Å². The molecule has 0 aliphatic heterocycles. The molecule has 2 heterocycles. The van der Waals surface area contributed by atoms with E-state index in [0.717, 1.165) is 11.1 Å². The standard InChI is InChI=1S/C25H27N5O4S/c1-5-29-14-21-23(28-29)24(32)30(13-17-8-6-16(2)7-9-17)25(27-21)35-15-22(31)26-18-10-19(33-3)12-20(11-18)34-4/h6-12,14H,5,13,15H2,1-4H3,(H,26,31). The summed E-state index contributed by atoms with van der Waals surface area (Å²) in [5.74, 6) is 0.956. The van der Waals surface area contributed by atoms with Crippen LogP contribution < -0.4 is 20.3 Å². The number of nitrogens with zero attached hydrogens (tertiary/aromatic N) is 4. The maximum Gasteiger partial charge on any atom is 0.282 e. The molecule has 0 aliphatic carbocycles. The molecular formula is C25H27N5O4S. The van der Waals surface area contributed by atoms with E-state index < -0.39 is 0 Å². The Morgan fingerprint density at radius 1 is 1.09 bits per heavy atom. The number of rotatable bonds is 9. The minimum absolute atomic E-state index is 0.0628. The highest BCUT2D eigenvalue weighted by molar-refractivity contribution is 7.99. The lowest BCUT2D eigenvalue weighted by Gasteiger charge is -2.13. The van der Waals surface area contributed by atoms with Crippen molar-refractivity contribution in [1.82, 2.24) is 19.3 Å². The summed E-state index contributed by atoms with van der Waals surface area (Å²) >= 11 is 1.20. The number of carbonyl (C=O) groups is 1. The van der Waals surface area contributed by atoms with Crippen LogP contribution in [0.5, 0.6) is 11.5 Å². The van der Waals surface area contributed by atoms with Crippen LogP contribution in [0.3, 0.4) is 0 Å². The third kappa shape index (κ3) is 5.65. The summed E-state index contributed by atoms with van der Waals surface area (Å²) in [5, 5.41) is 7.69. The Kier molecular flexibility index (Phi) is 7.40. The van der Waals surface area contributed by atoms with Gasteiger partial charge in [-0.25, -0.2) is 4.98 Å². The fraction of sp³-hybridized carbons (Fsp3) is 0.280.